The topological polar surface area (TPSA) is 139 Å². The molecule has 368 valence electrons. The van der Waals surface area contributed by atoms with Crippen molar-refractivity contribution in [1.29, 1.82) is 0 Å². The van der Waals surface area contributed by atoms with Crippen LogP contribution in [0, 0.1) is 5.82 Å². The van der Waals surface area contributed by atoms with Gasteiger partial charge >= 0.3 is 30.7 Å². The highest BCUT2D eigenvalue weighted by molar-refractivity contribution is 5.97. The number of carboxylic acid groups (broad SMARTS) is 1. The SMILES string of the molecule is Nc1cc(F)ccc1CC(=O)/C=C/c1ccc2c(c1)CCC2NC(=O)c1cc(C(F)(F)F)cc(C(F)(F)F)c1.O=C(O)/C=C/c1ccc2c(c1)CCC2NC(=O)c1cc(C(F)(F)F)cc(C(F)(F)F)c1. The van der Waals surface area contributed by atoms with E-state index in [0.717, 1.165) is 23.3 Å². The third-order valence-electron chi connectivity index (χ3n) is 11.2. The van der Waals surface area contributed by atoms with Gasteiger partial charge in [-0.25, -0.2) is 9.18 Å². The maximum atomic E-state index is 13.2. The van der Waals surface area contributed by atoms with Crippen LogP contribution in [0.2, 0.25) is 0 Å². The van der Waals surface area contributed by atoms with Crippen molar-refractivity contribution in [1.82, 2.24) is 10.6 Å². The summed E-state index contributed by atoms with van der Waals surface area (Å²) >= 11 is 0. The van der Waals surface area contributed by atoms with Gasteiger partial charge in [0.1, 0.15) is 5.82 Å². The Bertz CT molecular complexity index is 2840. The molecule has 2 unspecified atom stereocenters. The van der Waals surface area contributed by atoms with Gasteiger partial charge in [-0.1, -0.05) is 48.5 Å². The van der Waals surface area contributed by atoms with Crippen molar-refractivity contribution in [3.8, 4) is 0 Å². The van der Waals surface area contributed by atoms with Gasteiger partial charge in [0.2, 0.25) is 0 Å². The van der Waals surface area contributed by atoms with E-state index in [1.165, 1.54) is 24.3 Å². The summed E-state index contributed by atoms with van der Waals surface area (Å²) in [6.07, 6.45) is -13.2. The normalized spacial score (nSPS) is 15.8. The van der Waals surface area contributed by atoms with Crippen LogP contribution in [0.3, 0.4) is 0 Å². The van der Waals surface area contributed by atoms with Crippen LogP contribution in [-0.2, 0) is 53.6 Å². The molecule has 0 spiro atoms. The Balaban J connectivity index is 0.000000236. The number of nitrogens with one attached hydrogen (secondary N) is 2. The number of fused-ring (bicyclic) bond motifs is 2. The van der Waals surface area contributed by atoms with E-state index in [4.69, 9.17) is 10.8 Å². The van der Waals surface area contributed by atoms with Crippen molar-refractivity contribution in [2.24, 2.45) is 0 Å². The van der Waals surface area contributed by atoms with Crippen LogP contribution in [0.5, 0.6) is 0 Å². The minimum atomic E-state index is -5.06. The van der Waals surface area contributed by atoms with E-state index in [-0.39, 0.29) is 30.0 Å². The van der Waals surface area contributed by atoms with Gasteiger partial charge in [0, 0.05) is 29.3 Å². The maximum Gasteiger partial charge on any atom is 0.416 e. The van der Waals surface area contributed by atoms with Gasteiger partial charge in [-0.05, 0) is 125 Å². The van der Waals surface area contributed by atoms with E-state index in [9.17, 15) is 76.3 Å². The summed E-state index contributed by atoms with van der Waals surface area (Å²) < 4.78 is 170. The fourth-order valence-electron chi connectivity index (χ4n) is 7.77. The highest BCUT2D eigenvalue weighted by atomic mass is 19.4. The Kier molecular flexibility index (Phi) is 15.0. The zero-order chi connectivity index (χ0) is 51.5. The van der Waals surface area contributed by atoms with Gasteiger partial charge in [-0.2, -0.15) is 52.7 Å². The molecule has 70 heavy (non-hydrogen) atoms. The molecular formula is C49H36F13N3O5. The largest absolute Gasteiger partial charge is 0.478 e. The molecule has 2 amide bonds. The van der Waals surface area contributed by atoms with Crippen LogP contribution < -0.4 is 16.4 Å². The van der Waals surface area contributed by atoms with Crippen LogP contribution in [-0.4, -0.2) is 28.7 Å². The number of halogens is 13. The smallest absolute Gasteiger partial charge is 0.416 e. The molecule has 0 fully saturated rings. The summed E-state index contributed by atoms with van der Waals surface area (Å²) in [5.41, 5.74) is 2.90. The van der Waals surface area contributed by atoms with Gasteiger partial charge < -0.3 is 21.5 Å². The summed E-state index contributed by atoms with van der Waals surface area (Å²) in [5, 5.41) is 13.7. The lowest BCUT2D eigenvalue weighted by molar-refractivity contribution is -0.144. The molecule has 0 aromatic heterocycles. The first kappa shape index (κ1) is 51.9. The average molecular weight is 994 g/mol. The number of benzene rings is 5. The number of nitrogens with two attached hydrogens (primary N) is 1. The van der Waals surface area contributed by atoms with Gasteiger partial charge in [0.15, 0.2) is 5.78 Å². The third-order valence-corrected chi connectivity index (χ3v) is 11.2. The molecule has 7 rings (SSSR count). The Hall–Kier alpha value is -7.45. The summed E-state index contributed by atoms with van der Waals surface area (Å²) in [6, 6.07) is 14.2. The molecule has 21 heteroatoms. The predicted octanol–water partition coefficient (Wildman–Crippen LogP) is 11.9. The van der Waals surface area contributed by atoms with E-state index < -0.39 is 93.8 Å². The number of hydrogen-bond donors (Lipinski definition) is 4. The number of alkyl halides is 12. The molecule has 0 bridgehead atoms. The number of carbonyl (C=O) groups is 4. The standard InChI is InChI=1S/C28H21F7N2O2.C21H15F6NO3/c29-21-5-3-17(24(36)14-21)12-22(38)6-1-15-2-7-23-16(9-15)4-8-25(23)37-26(39)18-10-19(27(30,31)32)13-20(11-18)28(33,34)35;22-20(23,24)14-8-13(9-15(10-14)21(25,26)27)19(31)28-17-5-3-12-7-11(1-4-16(12)17)2-6-18(29)30/h1-3,5-7,9-11,13-14,25H,4,8,12,36H2,(H,37,39);1-2,4,6-10,17H,3,5H2,(H,28,31)(H,29,30)/b6-1+;6-2+. The monoisotopic (exact) mass is 993 g/mol. The molecular weight excluding hydrogens is 958 g/mol. The van der Waals surface area contributed by atoms with Crippen molar-refractivity contribution in [3.05, 3.63) is 181 Å². The third kappa shape index (κ3) is 13.2. The lowest BCUT2D eigenvalue weighted by Crippen LogP contribution is -2.28. The molecule has 0 saturated heterocycles. The second-order valence-corrected chi connectivity index (χ2v) is 16.1. The highest BCUT2D eigenvalue weighted by Gasteiger charge is 2.39. The van der Waals surface area contributed by atoms with Crippen molar-refractivity contribution < 1.29 is 81.4 Å². The average Bonchev–Trinajstić information content (AvgIpc) is 3.87. The highest BCUT2D eigenvalue weighted by Crippen LogP contribution is 2.39. The van der Waals surface area contributed by atoms with Crippen molar-refractivity contribution in [2.45, 2.75) is 68.9 Å². The van der Waals surface area contributed by atoms with Crippen LogP contribution in [0.25, 0.3) is 12.2 Å². The molecule has 5 N–H and O–H groups in total. The minimum Gasteiger partial charge on any atom is -0.478 e. The van der Waals surface area contributed by atoms with Crippen LogP contribution >= 0.6 is 0 Å². The summed E-state index contributed by atoms with van der Waals surface area (Å²) in [4.78, 5) is 48.1. The van der Waals surface area contributed by atoms with Gasteiger partial charge in [0.25, 0.3) is 11.8 Å². The van der Waals surface area contributed by atoms with Gasteiger partial charge in [0.05, 0.1) is 34.3 Å². The zero-order valence-electron chi connectivity index (χ0n) is 35.7. The number of ketones is 1. The number of hydrogen-bond acceptors (Lipinski definition) is 5. The number of anilines is 1. The van der Waals surface area contributed by atoms with Crippen molar-refractivity contribution in [3.63, 3.8) is 0 Å². The van der Waals surface area contributed by atoms with E-state index in [1.54, 1.807) is 42.5 Å². The van der Waals surface area contributed by atoms with Crippen molar-refractivity contribution >= 4 is 41.4 Å². The molecule has 5 aromatic carbocycles. The summed E-state index contributed by atoms with van der Waals surface area (Å²) in [6.45, 7) is 0. The maximum absolute atomic E-state index is 13.2. The summed E-state index contributed by atoms with van der Waals surface area (Å²) in [7, 11) is 0. The number of rotatable bonds is 10. The Morgan fingerprint density at radius 2 is 0.957 bits per heavy atom. The molecule has 2 aliphatic rings. The Labute approximate surface area is 388 Å². The molecule has 0 radical (unpaired) electrons. The first-order valence-electron chi connectivity index (χ1n) is 20.7. The molecule has 2 atom stereocenters. The first-order chi connectivity index (χ1) is 32.5. The van der Waals surface area contributed by atoms with Gasteiger partial charge in [-0.15, -0.1) is 0 Å². The van der Waals surface area contributed by atoms with Crippen LogP contribution in [0.15, 0.2) is 103 Å². The number of allylic oxidation sites excluding steroid dienone is 1. The minimum absolute atomic E-state index is 0.0206. The summed E-state index contributed by atoms with van der Waals surface area (Å²) in [5.74, 6) is -4.00. The zero-order valence-corrected chi connectivity index (χ0v) is 35.7. The second kappa shape index (κ2) is 20.3. The molecule has 8 nitrogen and oxygen atoms in total. The number of nitrogen functional groups attached to an aromatic ring is 1. The molecule has 0 saturated carbocycles. The predicted molar refractivity (Wildman–Crippen MR) is 228 cm³/mol. The van der Waals surface area contributed by atoms with E-state index in [0.29, 0.717) is 77.8 Å². The van der Waals surface area contributed by atoms with E-state index >= 15 is 0 Å². The number of aryl methyl sites for hydroxylation is 2. The lowest BCUT2D eigenvalue weighted by Gasteiger charge is -2.17. The number of carboxylic acids is 1. The Morgan fingerprint density at radius 3 is 1.33 bits per heavy atom. The molecule has 5 aromatic rings. The molecule has 0 aliphatic heterocycles. The second-order valence-electron chi connectivity index (χ2n) is 16.1. The fourth-order valence-corrected chi connectivity index (χ4v) is 7.77. The fraction of sp³-hybridized carbons (Fsp3) is 0.224. The van der Waals surface area contributed by atoms with Gasteiger partial charge in [-0.3, -0.25) is 14.4 Å². The first-order valence-corrected chi connectivity index (χ1v) is 20.7. The number of aliphatic carboxylic acids is 1. The Morgan fingerprint density at radius 1 is 0.557 bits per heavy atom. The van der Waals surface area contributed by atoms with Crippen LogP contribution in [0.4, 0.5) is 62.8 Å². The van der Waals surface area contributed by atoms with Crippen LogP contribution in [0.1, 0.15) is 107 Å². The molecule has 2 aliphatic carbocycles. The lowest BCUT2D eigenvalue weighted by atomic mass is 10.0. The van der Waals surface area contributed by atoms with E-state index in [2.05, 4.69) is 10.6 Å². The van der Waals surface area contributed by atoms with E-state index in [1.807, 2.05) is 0 Å². The quantitative estimate of drug-likeness (QED) is 0.0624. The number of amides is 2. The number of carbonyl (C=O) groups excluding carboxylic acids is 3. The van der Waals surface area contributed by atoms with Crippen molar-refractivity contribution in [2.75, 3.05) is 5.73 Å². The molecule has 0 heterocycles.